The molecular formula is C18H14O3. The number of rotatable bonds is 0. The normalized spacial score (nSPS) is 12.0. The van der Waals surface area contributed by atoms with Gasteiger partial charge >= 0.3 is 5.63 Å². The zero-order valence-corrected chi connectivity index (χ0v) is 11.4. The Morgan fingerprint density at radius 3 is 2.57 bits per heavy atom. The van der Waals surface area contributed by atoms with E-state index in [0.717, 1.165) is 11.1 Å². The van der Waals surface area contributed by atoms with Crippen molar-refractivity contribution in [3.63, 3.8) is 0 Å². The summed E-state index contributed by atoms with van der Waals surface area (Å²) in [5.41, 5.74) is 1.51. The van der Waals surface area contributed by atoms with Gasteiger partial charge in [0.2, 0.25) is 0 Å². The second-order valence-electron chi connectivity index (χ2n) is 4.54. The molecule has 1 aromatic heterocycles. The number of hydrogen-bond donors (Lipinski definition) is 0. The SMILES string of the molecule is C1=Cc2ccccc2OC1.O=c1ccc2ccccc2o1. The van der Waals surface area contributed by atoms with Crippen LogP contribution in [-0.2, 0) is 0 Å². The van der Waals surface area contributed by atoms with Gasteiger partial charge in [-0.3, -0.25) is 0 Å². The molecule has 2 aromatic carbocycles. The van der Waals surface area contributed by atoms with E-state index in [1.165, 1.54) is 11.6 Å². The quantitative estimate of drug-likeness (QED) is 0.586. The fourth-order valence-corrected chi connectivity index (χ4v) is 2.07. The molecule has 0 N–H and O–H groups in total. The Morgan fingerprint density at radius 2 is 1.67 bits per heavy atom. The van der Waals surface area contributed by atoms with Gasteiger partial charge in [-0.15, -0.1) is 0 Å². The maximum Gasteiger partial charge on any atom is 0.336 e. The lowest BCUT2D eigenvalue weighted by atomic mass is 10.1. The van der Waals surface area contributed by atoms with Gasteiger partial charge in [-0.1, -0.05) is 42.5 Å². The van der Waals surface area contributed by atoms with Crippen LogP contribution in [0.3, 0.4) is 0 Å². The van der Waals surface area contributed by atoms with Gasteiger partial charge in [-0.25, -0.2) is 4.79 Å². The van der Waals surface area contributed by atoms with Crippen LogP contribution in [0.1, 0.15) is 5.56 Å². The molecule has 0 spiro atoms. The van der Waals surface area contributed by atoms with Crippen LogP contribution in [0.4, 0.5) is 0 Å². The first-order valence-electron chi connectivity index (χ1n) is 6.70. The van der Waals surface area contributed by atoms with Gasteiger partial charge in [0.05, 0.1) is 0 Å². The summed E-state index contributed by atoms with van der Waals surface area (Å²) in [6.45, 7) is 0.705. The predicted molar refractivity (Wildman–Crippen MR) is 83.5 cm³/mol. The lowest BCUT2D eigenvalue weighted by molar-refractivity contribution is 0.358. The Kier molecular flexibility index (Phi) is 3.83. The van der Waals surface area contributed by atoms with Crippen LogP contribution in [0, 0.1) is 0 Å². The highest BCUT2D eigenvalue weighted by atomic mass is 16.5. The third kappa shape index (κ3) is 3.20. The number of para-hydroxylation sites is 2. The van der Waals surface area contributed by atoms with Gasteiger partial charge in [-0.2, -0.15) is 0 Å². The van der Waals surface area contributed by atoms with Gasteiger partial charge < -0.3 is 9.15 Å². The molecule has 0 amide bonds. The molecule has 3 heteroatoms. The third-order valence-corrected chi connectivity index (χ3v) is 3.08. The molecule has 4 rings (SSSR count). The van der Waals surface area contributed by atoms with Crippen molar-refractivity contribution in [2.75, 3.05) is 6.61 Å². The molecule has 1 aliphatic heterocycles. The molecule has 0 aliphatic carbocycles. The monoisotopic (exact) mass is 278 g/mol. The molecule has 0 fully saturated rings. The molecule has 0 saturated carbocycles. The molecule has 2 heterocycles. The topological polar surface area (TPSA) is 39.4 Å². The van der Waals surface area contributed by atoms with Crippen molar-refractivity contribution >= 4 is 17.0 Å². The average molecular weight is 278 g/mol. The van der Waals surface area contributed by atoms with Crippen LogP contribution in [0.25, 0.3) is 17.0 Å². The number of hydrogen-bond acceptors (Lipinski definition) is 3. The fraction of sp³-hybridized carbons (Fsp3) is 0.0556. The van der Waals surface area contributed by atoms with Crippen molar-refractivity contribution in [1.82, 2.24) is 0 Å². The predicted octanol–water partition coefficient (Wildman–Crippen LogP) is 3.89. The van der Waals surface area contributed by atoms with E-state index < -0.39 is 0 Å². The van der Waals surface area contributed by atoms with E-state index in [1.54, 1.807) is 12.1 Å². The van der Waals surface area contributed by atoms with Gasteiger partial charge in [0.15, 0.2) is 0 Å². The van der Waals surface area contributed by atoms with Crippen LogP contribution < -0.4 is 10.4 Å². The summed E-state index contributed by atoms with van der Waals surface area (Å²) < 4.78 is 10.2. The molecular weight excluding hydrogens is 264 g/mol. The van der Waals surface area contributed by atoms with Gasteiger partial charge in [-0.05, 0) is 24.3 Å². The molecule has 0 saturated heterocycles. The minimum absolute atomic E-state index is 0.302. The van der Waals surface area contributed by atoms with Crippen molar-refractivity contribution in [2.45, 2.75) is 0 Å². The Morgan fingerprint density at radius 1 is 0.857 bits per heavy atom. The minimum Gasteiger partial charge on any atom is -0.489 e. The summed E-state index contributed by atoms with van der Waals surface area (Å²) in [5.74, 6) is 0.991. The van der Waals surface area contributed by atoms with Crippen molar-refractivity contribution in [3.8, 4) is 5.75 Å². The van der Waals surface area contributed by atoms with Crippen molar-refractivity contribution in [2.24, 2.45) is 0 Å². The van der Waals surface area contributed by atoms with Crippen LogP contribution >= 0.6 is 0 Å². The molecule has 0 radical (unpaired) electrons. The Labute approximate surface area is 122 Å². The van der Waals surface area contributed by atoms with E-state index in [0.29, 0.717) is 12.2 Å². The molecule has 104 valence electrons. The number of ether oxygens (including phenoxy) is 1. The third-order valence-electron chi connectivity index (χ3n) is 3.08. The molecule has 3 nitrogen and oxygen atoms in total. The highest BCUT2D eigenvalue weighted by Crippen LogP contribution is 2.21. The average Bonchev–Trinajstić information content (AvgIpc) is 2.55. The zero-order chi connectivity index (χ0) is 14.5. The lowest BCUT2D eigenvalue weighted by Gasteiger charge is -2.10. The van der Waals surface area contributed by atoms with Crippen LogP contribution in [0.5, 0.6) is 5.75 Å². The standard InChI is InChI=1S/C9H6O2.C9H8O/c10-9-6-5-7-3-1-2-4-8(7)11-9;1-2-6-9-8(4-1)5-3-7-10-9/h1-6H;1-6H,7H2. The van der Waals surface area contributed by atoms with Gasteiger partial charge in [0, 0.05) is 17.0 Å². The molecule has 1 aliphatic rings. The highest BCUT2D eigenvalue weighted by molar-refractivity contribution is 5.75. The fourth-order valence-electron chi connectivity index (χ4n) is 2.07. The molecule has 0 bridgehead atoms. The first-order chi connectivity index (χ1) is 10.3. The molecule has 0 unspecified atom stereocenters. The Balaban J connectivity index is 0.000000126. The molecule has 0 atom stereocenters. The molecule has 3 aromatic rings. The van der Waals surface area contributed by atoms with Crippen molar-refractivity contribution in [3.05, 3.63) is 82.7 Å². The minimum atomic E-state index is -0.302. The van der Waals surface area contributed by atoms with Gasteiger partial charge in [0.1, 0.15) is 17.9 Å². The summed E-state index contributed by atoms with van der Waals surface area (Å²) in [7, 11) is 0. The summed E-state index contributed by atoms with van der Waals surface area (Å²) in [6, 6.07) is 18.6. The van der Waals surface area contributed by atoms with Crippen LogP contribution in [0.2, 0.25) is 0 Å². The summed E-state index contributed by atoms with van der Waals surface area (Å²) in [4.78, 5) is 10.7. The maximum absolute atomic E-state index is 10.7. The van der Waals surface area contributed by atoms with E-state index in [2.05, 4.69) is 6.08 Å². The van der Waals surface area contributed by atoms with E-state index in [1.807, 2.05) is 48.5 Å². The van der Waals surface area contributed by atoms with Crippen LogP contribution in [-0.4, -0.2) is 6.61 Å². The second kappa shape index (κ2) is 6.09. The number of fused-ring (bicyclic) bond motifs is 2. The lowest BCUT2D eigenvalue weighted by Crippen LogP contribution is -1.98. The van der Waals surface area contributed by atoms with E-state index >= 15 is 0 Å². The van der Waals surface area contributed by atoms with Crippen molar-refractivity contribution < 1.29 is 9.15 Å². The van der Waals surface area contributed by atoms with Crippen LogP contribution in [0.15, 0.2) is 76.0 Å². The van der Waals surface area contributed by atoms with E-state index in [-0.39, 0.29) is 5.63 Å². The maximum atomic E-state index is 10.7. The zero-order valence-electron chi connectivity index (χ0n) is 11.4. The summed E-state index contributed by atoms with van der Waals surface area (Å²) in [6.07, 6.45) is 4.10. The molecule has 21 heavy (non-hydrogen) atoms. The van der Waals surface area contributed by atoms with Gasteiger partial charge in [0.25, 0.3) is 0 Å². The summed E-state index contributed by atoms with van der Waals surface area (Å²) >= 11 is 0. The van der Waals surface area contributed by atoms with Crippen molar-refractivity contribution in [1.29, 1.82) is 0 Å². The first kappa shape index (κ1) is 13.2. The largest absolute Gasteiger partial charge is 0.489 e. The smallest absolute Gasteiger partial charge is 0.336 e. The van der Waals surface area contributed by atoms with E-state index in [4.69, 9.17) is 9.15 Å². The van der Waals surface area contributed by atoms with E-state index in [9.17, 15) is 4.79 Å². The first-order valence-corrected chi connectivity index (χ1v) is 6.70. The summed E-state index contributed by atoms with van der Waals surface area (Å²) in [5, 5.41) is 0.951. The Bertz CT molecular complexity index is 831. The second-order valence-corrected chi connectivity index (χ2v) is 4.54. The highest BCUT2D eigenvalue weighted by Gasteiger charge is 2.01. The number of benzene rings is 2. The Hall–Kier alpha value is -2.81.